The first kappa shape index (κ1) is 29.4. The van der Waals surface area contributed by atoms with Gasteiger partial charge in [-0.1, -0.05) is 26.0 Å². The third-order valence-corrected chi connectivity index (χ3v) is 6.24. The second-order valence-electron chi connectivity index (χ2n) is 8.80. The summed E-state index contributed by atoms with van der Waals surface area (Å²) in [6.45, 7) is 9.00. The molecular weight excluding hydrogens is 509 g/mol. The average Bonchev–Trinajstić information content (AvgIpc) is 2.91. The molecule has 4 N–H and O–H groups in total. The van der Waals surface area contributed by atoms with Gasteiger partial charge >= 0.3 is 6.18 Å². The van der Waals surface area contributed by atoms with Crippen LogP contribution >= 0.6 is 0 Å². The number of pyridine rings is 1. The summed E-state index contributed by atoms with van der Waals surface area (Å²) < 4.78 is 41.3. The molecule has 0 aliphatic rings. The Bertz CT molecular complexity index is 1310. The van der Waals surface area contributed by atoms with Crippen LogP contribution in [0.3, 0.4) is 0 Å². The molecule has 3 aromatic rings. The topological polar surface area (TPSA) is 98.4 Å². The van der Waals surface area contributed by atoms with Crippen molar-refractivity contribution in [2.45, 2.75) is 26.9 Å². The number of halogens is 3. The van der Waals surface area contributed by atoms with Crippen LogP contribution in [0.1, 0.15) is 45.7 Å². The maximum Gasteiger partial charge on any atom is 0.419 e. The van der Waals surface area contributed by atoms with E-state index in [-0.39, 0.29) is 28.7 Å². The first-order valence-corrected chi connectivity index (χ1v) is 12.6. The van der Waals surface area contributed by atoms with Crippen LogP contribution in [-0.2, 0) is 6.18 Å². The van der Waals surface area contributed by atoms with Gasteiger partial charge in [-0.05, 0) is 55.9 Å². The SMILES string of the molecule is CCN(CC)CCNC(=O)c1ccc(Nc2cc(Nc3ccccc3C(=O)NC)c(C(F)(F)F)cn2)c(C)c1. The molecule has 208 valence electrons. The zero-order valence-corrected chi connectivity index (χ0v) is 22.4. The molecular formula is C28H33F3N6O2. The molecule has 8 nitrogen and oxygen atoms in total. The number of amides is 2. The molecule has 2 amide bonds. The van der Waals surface area contributed by atoms with Crippen molar-refractivity contribution < 1.29 is 22.8 Å². The Morgan fingerprint density at radius 2 is 1.64 bits per heavy atom. The Hall–Kier alpha value is -4.12. The van der Waals surface area contributed by atoms with Crippen molar-refractivity contribution in [3.63, 3.8) is 0 Å². The number of hydrogen-bond acceptors (Lipinski definition) is 6. The molecule has 2 aromatic carbocycles. The maximum atomic E-state index is 13.8. The first-order valence-electron chi connectivity index (χ1n) is 12.6. The van der Waals surface area contributed by atoms with Gasteiger partial charge in [-0.2, -0.15) is 13.2 Å². The van der Waals surface area contributed by atoms with Gasteiger partial charge in [0.15, 0.2) is 0 Å². The van der Waals surface area contributed by atoms with Crippen LogP contribution in [0, 0.1) is 6.92 Å². The molecule has 0 saturated carbocycles. The van der Waals surface area contributed by atoms with Crippen LogP contribution in [-0.4, -0.2) is 54.9 Å². The van der Waals surface area contributed by atoms with Gasteiger partial charge in [0.25, 0.3) is 11.8 Å². The summed E-state index contributed by atoms with van der Waals surface area (Å²) in [5.74, 6) is -0.486. The second kappa shape index (κ2) is 13.1. The Morgan fingerprint density at radius 3 is 2.28 bits per heavy atom. The Kier molecular flexibility index (Phi) is 9.89. The van der Waals surface area contributed by atoms with E-state index >= 15 is 0 Å². The van der Waals surface area contributed by atoms with Gasteiger partial charge in [0.05, 0.1) is 22.5 Å². The molecule has 0 unspecified atom stereocenters. The van der Waals surface area contributed by atoms with E-state index in [2.05, 4.69) is 45.0 Å². The molecule has 0 radical (unpaired) electrons. The smallest absolute Gasteiger partial charge is 0.355 e. The number of nitrogens with one attached hydrogen (secondary N) is 4. The standard InChI is InChI=1S/C28H33F3N6O2/c1-5-37(6-2)14-13-33-26(38)19-11-12-22(18(3)15-19)36-25-16-24(21(17-34-25)28(29,30)31)35-23-10-8-7-9-20(23)27(39)32-4/h7-12,15-17H,5-6,13-14H2,1-4H3,(H,32,39)(H,33,38)(H2,34,35,36). The fraction of sp³-hybridized carbons (Fsp3) is 0.321. The highest BCUT2D eigenvalue weighted by Crippen LogP contribution is 2.37. The monoisotopic (exact) mass is 542 g/mol. The van der Waals surface area contributed by atoms with E-state index in [0.29, 0.717) is 23.4 Å². The van der Waals surface area contributed by atoms with Crippen molar-refractivity contribution in [1.29, 1.82) is 0 Å². The fourth-order valence-electron chi connectivity index (χ4n) is 3.98. The summed E-state index contributed by atoms with van der Waals surface area (Å²) in [6.07, 6.45) is -3.94. The quantitative estimate of drug-likeness (QED) is 0.262. The normalized spacial score (nSPS) is 11.3. The van der Waals surface area contributed by atoms with Crippen molar-refractivity contribution in [2.24, 2.45) is 0 Å². The number of para-hydroxylation sites is 1. The highest BCUT2D eigenvalue weighted by molar-refractivity contribution is 6.00. The lowest BCUT2D eigenvalue weighted by Gasteiger charge is -2.18. The maximum absolute atomic E-state index is 13.8. The number of carbonyl (C=O) groups excluding carboxylic acids is 2. The lowest BCUT2D eigenvalue weighted by Crippen LogP contribution is -2.34. The number of anilines is 4. The molecule has 0 saturated heterocycles. The van der Waals surface area contributed by atoms with E-state index in [9.17, 15) is 22.8 Å². The molecule has 0 bridgehead atoms. The largest absolute Gasteiger partial charge is 0.419 e. The Labute approximate surface area is 226 Å². The van der Waals surface area contributed by atoms with Crippen LogP contribution in [0.15, 0.2) is 54.7 Å². The highest BCUT2D eigenvalue weighted by atomic mass is 19.4. The van der Waals surface area contributed by atoms with Crippen LogP contribution in [0.2, 0.25) is 0 Å². The molecule has 0 spiro atoms. The van der Waals surface area contributed by atoms with Crippen LogP contribution < -0.4 is 21.3 Å². The minimum Gasteiger partial charge on any atom is -0.355 e. The number of nitrogens with zero attached hydrogens (tertiary/aromatic N) is 2. The predicted octanol–water partition coefficient (Wildman–Crippen LogP) is 5.33. The highest BCUT2D eigenvalue weighted by Gasteiger charge is 2.34. The number of rotatable bonds is 11. The zero-order valence-electron chi connectivity index (χ0n) is 22.4. The number of aromatic nitrogens is 1. The van der Waals surface area contributed by atoms with Crippen LogP contribution in [0.4, 0.5) is 36.1 Å². The van der Waals surface area contributed by atoms with Gasteiger partial charge in [0, 0.05) is 43.7 Å². The fourth-order valence-corrected chi connectivity index (χ4v) is 3.98. The van der Waals surface area contributed by atoms with Gasteiger partial charge in [0.2, 0.25) is 0 Å². The molecule has 0 atom stereocenters. The number of alkyl halides is 3. The van der Waals surface area contributed by atoms with Crippen molar-refractivity contribution in [3.8, 4) is 0 Å². The van der Waals surface area contributed by atoms with E-state index in [1.54, 1.807) is 37.3 Å². The minimum atomic E-state index is -4.67. The molecule has 0 aliphatic heterocycles. The van der Waals surface area contributed by atoms with Crippen LogP contribution in [0.5, 0.6) is 0 Å². The third kappa shape index (κ3) is 7.70. The summed E-state index contributed by atoms with van der Waals surface area (Å²) in [5, 5.41) is 11.2. The lowest BCUT2D eigenvalue weighted by atomic mass is 10.1. The summed E-state index contributed by atoms with van der Waals surface area (Å²) in [5.41, 5.74) is 0.942. The summed E-state index contributed by atoms with van der Waals surface area (Å²) in [6, 6.07) is 12.5. The molecule has 1 aromatic heterocycles. The molecule has 39 heavy (non-hydrogen) atoms. The number of carbonyl (C=O) groups is 2. The van der Waals surface area contributed by atoms with Gasteiger partial charge in [-0.3, -0.25) is 9.59 Å². The molecule has 1 heterocycles. The molecule has 0 fully saturated rings. The average molecular weight is 543 g/mol. The molecule has 11 heteroatoms. The molecule has 0 aliphatic carbocycles. The van der Waals surface area contributed by atoms with E-state index in [4.69, 9.17) is 0 Å². The number of hydrogen-bond donors (Lipinski definition) is 4. The number of likely N-dealkylation sites (N-methyl/N-ethyl adjacent to an activating group) is 1. The van der Waals surface area contributed by atoms with E-state index in [1.165, 1.54) is 25.2 Å². The van der Waals surface area contributed by atoms with Gasteiger partial charge in [-0.25, -0.2) is 4.98 Å². The number of benzene rings is 2. The predicted molar refractivity (Wildman–Crippen MR) is 147 cm³/mol. The van der Waals surface area contributed by atoms with Crippen molar-refractivity contribution in [1.82, 2.24) is 20.5 Å². The zero-order chi connectivity index (χ0) is 28.6. The minimum absolute atomic E-state index is 0.155. The first-order chi connectivity index (χ1) is 18.6. The van der Waals surface area contributed by atoms with E-state index in [0.717, 1.165) is 25.8 Å². The van der Waals surface area contributed by atoms with Crippen molar-refractivity contribution in [2.75, 3.05) is 43.9 Å². The van der Waals surface area contributed by atoms with E-state index in [1.807, 2.05) is 0 Å². The summed E-state index contributed by atoms with van der Waals surface area (Å²) in [7, 11) is 1.44. The third-order valence-electron chi connectivity index (χ3n) is 6.24. The lowest BCUT2D eigenvalue weighted by molar-refractivity contribution is -0.137. The Balaban J connectivity index is 1.82. The number of aryl methyl sites for hydroxylation is 1. The summed E-state index contributed by atoms with van der Waals surface area (Å²) >= 11 is 0. The van der Waals surface area contributed by atoms with Crippen molar-refractivity contribution >= 4 is 34.7 Å². The van der Waals surface area contributed by atoms with Crippen LogP contribution in [0.25, 0.3) is 0 Å². The molecule has 3 rings (SSSR count). The van der Waals surface area contributed by atoms with Gasteiger partial charge in [0.1, 0.15) is 5.82 Å². The summed E-state index contributed by atoms with van der Waals surface area (Å²) in [4.78, 5) is 30.9. The second-order valence-corrected chi connectivity index (χ2v) is 8.80. The van der Waals surface area contributed by atoms with E-state index < -0.39 is 17.6 Å². The Morgan fingerprint density at radius 1 is 0.923 bits per heavy atom. The van der Waals surface area contributed by atoms with Gasteiger partial charge < -0.3 is 26.2 Å². The van der Waals surface area contributed by atoms with Gasteiger partial charge in [-0.15, -0.1) is 0 Å². The van der Waals surface area contributed by atoms with Crippen molar-refractivity contribution in [3.05, 3.63) is 77.0 Å².